The van der Waals surface area contributed by atoms with Gasteiger partial charge >= 0.3 is 17.9 Å². The maximum Gasteiger partial charge on any atom is 0.333 e. The van der Waals surface area contributed by atoms with E-state index in [0.717, 1.165) is 31.1 Å². The molecule has 0 saturated carbocycles. The molecule has 4 N–H and O–H groups in total. The normalized spacial score (nSPS) is 10.2. The molecule has 0 aliphatic carbocycles. The van der Waals surface area contributed by atoms with Crippen molar-refractivity contribution in [3.05, 3.63) is 35.5 Å². The molecule has 0 aliphatic rings. The van der Waals surface area contributed by atoms with Crippen LogP contribution >= 0.6 is 0 Å². The van der Waals surface area contributed by atoms with Crippen molar-refractivity contribution in [2.24, 2.45) is 0 Å². The van der Waals surface area contributed by atoms with Crippen molar-refractivity contribution in [1.82, 2.24) is 0 Å². The van der Waals surface area contributed by atoms with E-state index in [9.17, 15) is 14.4 Å². The van der Waals surface area contributed by atoms with Crippen LogP contribution in [0.2, 0.25) is 0 Å². The molecule has 0 aromatic heterocycles. The van der Waals surface area contributed by atoms with Crippen LogP contribution in [0.3, 0.4) is 0 Å². The van der Waals surface area contributed by atoms with E-state index in [-0.39, 0.29) is 39.0 Å². The summed E-state index contributed by atoms with van der Waals surface area (Å²) >= 11 is 0. The molecule has 0 fully saturated rings. The molecule has 0 heterocycles. The fourth-order valence-corrected chi connectivity index (χ4v) is 0.847. The number of methoxy groups -OCH3 is 3. The Bertz CT molecular complexity index is 454. The van der Waals surface area contributed by atoms with E-state index in [2.05, 4.69) is 21.1 Å². The summed E-state index contributed by atoms with van der Waals surface area (Å²) in [5.74, 6) is -1.74. The van der Waals surface area contributed by atoms with E-state index < -0.39 is 17.9 Å². The zero-order valence-electron chi connectivity index (χ0n) is 18.6. The number of rotatable bonds is 5. The summed E-state index contributed by atoms with van der Waals surface area (Å²) in [5.41, 5.74) is 0. The molecule has 0 atom stereocenters. The summed E-state index contributed by atoms with van der Waals surface area (Å²) in [5, 5.41) is 33.3. The molecule has 0 bridgehead atoms. The molecule has 0 aliphatic heterocycles. The number of carbonyl (C=O) groups is 3. The minimum atomic E-state index is -0.537. The number of aliphatic hydroxyl groups excluding tert-OH is 4. The molecular weight excluding hydrogens is 436 g/mol. The van der Waals surface area contributed by atoms with Crippen molar-refractivity contribution in [3.63, 3.8) is 0 Å². The minimum Gasteiger partial charge on any atom is -0.512 e. The van der Waals surface area contributed by atoms with Gasteiger partial charge in [-0.05, 0) is 27.2 Å². The van der Waals surface area contributed by atoms with Gasteiger partial charge in [-0.3, -0.25) is 0 Å². The van der Waals surface area contributed by atoms with Crippen LogP contribution in [0.5, 0.6) is 0 Å². The van der Waals surface area contributed by atoms with Crippen molar-refractivity contribution in [2.45, 2.75) is 40.5 Å². The van der Waals surface area contributed by atoms with Crippen molar-refractivity contribution < 1.29 is 70.7 Å². The van der Waals surface area contributed by atoms with E-state index in [0.29, 0.717) is 6.61 Å². The number of carbonyl (C=O) groups excluding carboxylic acids is 3. The van der Waals surface area contributed by atoms with Gasteiger partial charge in [-0.1, -0.05) is 13.3 Å². The third-order valence-corrected chi connectivity index (χ3v) is 2.10. The standard InChI is InChI=1S/3C5H8O3.C4H10O.Ti/c3*1-4(6)3-5(7)8-2;1-2-3-4-5;/h3*3,6H,1-2H3;5H,2-4H2,1H3;. The number of hydrogen-bond donors (Lipinski definition) is 4. The first-order valence-electron chi connectivity index (χ1n) is 8.38. The average Bonchev–Trinajstić information content (AvgIpc) is 2.62. The van der Waals surface area contributed by atoms with Gasteiger partial charge < -0.3 is 34.6 Å². The first kappa shape index (κ1) is 38.3. The number of hydrogen-bond acceptors (Lipinski definition) is 10. The molecule has 0 rings (SSSR count). The van der Waals surface area contributed by atoms with E-state index in [1.165, 1.54) is 42.1 Å². The van der Waals surface area contributed by atoms with E-state index in [1.54, 1.807) is 0 Å². The fourth-order valence-electron chi connectivity index (χ4n) is 0.847. The van der Waals surface area contributed by atoms with E-state index in [4.69, 9.17) is 20.4 Å². The Balaban J connectivity index is -0.0000000929. The van der Waals surface area contributed by atoms with Gasteiger partial charge in [0.2, 0.25) is 0 Å². The van der Waals surface area contributed by atoms with Gasteiger partial charge in [0.1, 0.15) is 0 Å². The average molecular weight is 470 g/mol. The molecule has 0 unspecified atom stereocenters. The largest absolute Gasteiger partial charge is 0.512 e. The summed E-state index contributed by atoms with van der Waals surface area (Å²) in [4.78, 5) is 30.5. The van der Waals surface area contributed by atoms with E-state index >= 15 is 0 Å². The van der Waals surface area contributed by atoms with Gasteiger partial charge in [0.15, 0.2) is 0 Å². The van der Waals surface area contributed by atoms with Gasteiger partial charge in [0.25, 0.3) is 0 Å². The Morgan fingerprint density at radius 2 is 0.933 bits per heavy atom. The second kappa shape index (κ2) is 28.9. The Hall–Kier alpha value is -2.30. The Labute approximate surface area is 192 Å². The van der Waals surface area contributed by atoms with Crippen molar-refractivity contribution in [1.29, 1.82) is 0 Å². The van der Waals surface area contributed by atoms with Crippen LogP contribution in [0.25, 0.3) is 0 Å². The van der Waals surface area contributed by atoms with Crippen molar-refractivity contribution >= 4 is 17.9 Å². The van der Waals surface area contributed by atoms with Crippen LogP contribution in [0.1, 0.15) is 40.5 Å². The number of allylic oxidation sites excluding steroid dienone is 3. The topological polar surface area (TPSA) is 160 Å². The molecule has 174 valence electrons. The summed E-state index contributed by atoms with van der Waals surface area (Å²) in [6.45, 7) is 6.59. The number of ether oxygens (including phenoxy) is 3. The maximum absolute atomic E-state index is 10.2. The quantitative estimate of drug-likeness (QED) is 0.155. The molecule has 11 heteroatoms. The predicted molar refractivity (Wildman–Crippen MR) is 107 cm³/mol. The SMILES string of the molecule is CCCCO.COC(=O)C=C(C)O.COC(=O)C=C(C)O.COC(=O)C=C(C)O.[Ti]. The zero-order chi connectivity index (χ0) is 23.8. The van der Waals surface area contributed by atoms with Crippen molar-refractivity contribution in [2.75, 3.05) is 27.9 Å². The molecule has 0 saturated heterocycles. The third-order valence-electron chi connectivity index (χ3n) is 2.10. The molecule has 0 spiro atoms. The van der Waals surface area contributed by atoms with E-state index in [1.807, 2.05) is 0 Å². The summed E-state index contributed by atoms with van der Waals surface area (Å²) in [6.07, 6.45) is 5.04. The molecule has 0 aromatic rings. The molecule has 30 heavy (non-hydrogen) atoms. The van der Waals surface area contributed by atoms with Crippen molar-refractivity contribution in [3.8, 4) is 0 Å². The number of esters is 3. The first-order valence-corrected chi connectivity index (χ1v) is 8.38. The van der Waals surface area contributed by atoms with Gasteiger partial charge in [-0.2, -0.15) is 0 Å². The van der Waals surface area contributed by atoms with Crippen LogP contribution < -0.4 is 0 Å². The Morgan fingerprint density at radius 3 is 0.967 bits per heavy atom. The zero-order valence-corrected chi connectivity index (χ0v) is 20.2. The van der Waals surface area contributed by atoms with Crippen LogP contribution in [-0.4, -0.2) is 66.3 Å². The fraction of sp³-hybridized carbons (Fsp3) is 0.526. The number of unbranched alkanes of at least 4 members (excludes halogenated alkanes) is 1. The predicted octanol–water partition coefficient (Wildman–Crippen LogP) is 2.64. The minimum absolute atomic E-state index is 0. The second-order valence-corrected chi connectivity index (χ2v) is 5.00. The summed E-state index contributed by atoms with van der Waals surface area (Å²) < 4.78 is 12.6. The smallest absolute Gasteiger partial charge is 0.333 e. The second-order valence-electron chi connectivity index (χ2n) is 5.00. The molecular formula is C19H34O10Ti. The van der Waals surface area contributed by atoms with Gasteiger partial charge in [-0.15, -0.1) is 0 Å². The molecule has 0 aromatic carbocycles. The number of aliphatic hydroxyl groups is 4. The molecule has 10 nitrogen and oxygen atoms in total. The third kappa shape index (κ3) is 50.0. The summed E-state index contributed by atoms with van der Waals surface area (Å²) in [6, 6.07) is 0. The summed E-state index contributed by atoms with van der Waals surface area (Å²) in [7, 11) is 3.76. The molecule has 0 radical (unpaired) electrons. The van der Waals surface area contributed by atoms with Gasteiger partial charge in [0, 0.05) is 28.3 Å². The monoisotopic (exact) mass is 470 g/mol. The maximum atomic E-state index is 10.2. The van der Waals surface area contributed by atoms with Gasteiger partial charge in [0.05, 0.1) is 56.8 Å². The Kier molecular flexibility index (Phi) is 36.9. The molecule has 0 amide bonds. The van der Waals surface area contributed by atoms with Gasteiger partial charge in [-0.25, -0.2) is 14.4 Å². The van der Waals surface area contributed by atoms with Crippen LogP contribution in [-0.2, 0) is 50.3 Å². The first-order chi connectivity index (χ1) is 13.4. The van der Waals surface area contributed by atoms with Crippen LogP contribution in [0.15, 0.2) is 35.5 Å². The van der Waals surface area contributed by atoms with Crippen LogP contribution in [0.4, 0.5) is 0 Å². The van der Waals surface area contributed by atoms with Crippen LogP contribution in [0, 0.1) is 0 Å². The Morgan fingerprint density at radius 1 is 0.700 bits per heavy atom.